The van der Waals surface area contributed by atoms with E-state index in [1.54, 1.807) is 7.11 Å². The zero-order chi connectivity index (χ0) is 11.4. The van der Waals surface area contributed by atoms with Gasteiger partial charge in [0.2, 0.25) is 5.91 Å². The number of nitrogens with one attached hydrogen (secondary N) is 1. The van der Waals surface area contributed by atoms with Gasteiger partial charge in [-0.25, -0.2) is 0 Å². The first-order chi connectivity index (χ1) is 7.83. The van der Waals surface area contributed by atoms with Crippen molar-refractivity contribution in [1.29, 1.82) is 0 Å². The molecule has 2 saturated heterocycles. The summed E-state index contributed by atoms with van der Waals surface area (Å²) < 4.78 is 10.7. The summed E-state index contributed by atoms with van der Waals surface area (Å²) >= 11 is 0. The molecule has 2 fully saturated rings. The molecule has 0 unspecified atom stereocenters. The van der Waals surface area contributed by atoms with Crippen molar-refractivity contribution in [2.24, 2.45) is 0 Å². The van der Waals surface area contributed by atoms with Crippen molar-refractivity contribution in [3.05, 3.63) is 0 Å². The molecule has 0 radical (unpaired) electrons. The Morgan fingerprint density at radius 2 is 2.31 bits per heavy atom. The van der Waals surface area contributed by atoms with Gasteiger partial charge in [0.15, 0.2) is 0 Å². The molecule has 0 spiro atoms. The lowest BCUT2D eigenvalue weighted by atomic mass is 10.0. The Bertz CT molecular complexity index is 247. The van der Waals surface area contributed by atoms with Crippen molar-refractivity contribution in [2.75, 3.05) is 40.0 Å². The number of fused-ring (bicyclic) bond motifs is 1. The van der Waals surface area contributed by atoms with Gasteiger partial charge in [0.25, 0.3) is 0 Å². The fourth-order valence-corrected chi connectivity index (χ4v) is 2.47. The van der Waals surface area contributed by atoms with Crippen LogP contribution in [0.15, 0.2) is 0 Å². The minimum Gasteiger partial charge on any atom is -0.383 e. The lowest BCUT2D eigenvalue weighted by molar-refractivity contribution is -0.158. The molecule has 0 aromatic carbocycles. The fraction of sp³-hybridized carbons (Fsp3) is 0.909. The van der Waals surface area contributed by atoms with Crippen LogP contribution < -0.4 is 5.32 Å². The van der Waals surface area contributed by atoms with Crippen LogP contribution in [0, 0.1) is 0 Å². The minimum absolute atomic E-state index is 0.0974. The summed E-state index contributed by atoms with van der Waals surface area (Å²) in [6, 6.07) is 0.228. The molecule has 0 saturated carbocycles. The predicted octanol–water partition coefficient (Wildman–Crippen LogP) is -0.388. The molecule has 2 atom stereocenters. The summed E-state index contributed by atoms with van der Waals surface area (Å²) in [5.41, 5.74) is 0. The van der Waals surface area contributed by atoms with E-state index in [-0.39, 0.29) is 24.7 Å². The van der Waals surface area contributed by atoms with Crippen LogP contribution in [0.25, 0.3) is 0 Å². The maximum atomic E-state index is 11.8. The summed E-state index contributed by atoms with van der Waals surface area (Å²) in [7, 11) is 1.66. The average Bonchev–Trinajstić information content (AvgIpc) is 2.53. The predicted molar refractivity (Wildman–Crippen MR) is 59.2 cm³/mol. The van der Waals surface area contributed by atoms with Crippen LogP contribution in [0.3, 0.4) is 0 Å². The van der Waals surface area contributed by atoms with E-state index in [2.05, 4.69) is 5.32 Å². The van der Waals surface area contributed by atoms with Gasteiger partial charge in [0, 0.05) is 13.7 Å². The van der Waals surface area contributed by atoms with E-state index in [4.69, 9.17) is 9.47 Å². The molecule has 16 heavy (non-hydrogen) atoms. The molecule has 2 heterocycles. The first-order valence-electron chi connectivity index (χ1n) is 5.93. The van der Waals surface area contributed by atoms with Gasteiger partial charge in [-0.2, -0.15) is 0 Å². The molecular weight excluding hydrogens is 208 g/mol. The van der Waals surface area contributed by atoms with Gasteiger partial charge in [-0.15, -0.1) is 0 Å². The van der Waals surface area contributed by atoms with Gasteiger partial charge in [-0.1, -0.05) is 0 Å². The highest BCUT2D eigenvalue weighted by Gasteiger charge is 2.36. The Kier molecular flexibility index (Phi) is 4.15. The molecule has 0 bridgehead atoms. The van der Waals surface area contributed by atoms with Crippen LogP contribution in [0.4, 0.5) is 0 Å². The van der Waals surface area contributed by atoms with Gasteiger partial charge in [-0.3, -0.25) is 4.79 Å². The number of hydrogen-bond acceptors (Lipinski definition) is 4. The number of morpholine rings is 1. The van der Waals surface area contributed by atoms with Crippen LogP contribution in [-0.4, -0.2) is 62.9 Å². The number of amides is 1. The summed E-state index contributed by atoms with van der Waals surface area (Å²) in [6.45, 7) is 3.45. The monoisotopic (exact) mass is 228 g/mol. The standard InChI is InChI=1S/C11H20N2O3/c1-15-7-6-13-9-2-4-12-5-3-10(9)16-8-11(13)14/h9-10,12H,2-8H2,1H3/t9-,10-/m0/s1. The van der Waals surface area contributed by atoms with Gasteiger partial charge >= 0.3 is 0 Å². The van der Waals surface area contributed by atoms with Gasteiger partial charge in [0.1, 0.15) is 6.61 Å². The van der Waals surface area contributed by atoms with Crippen LogP contribution >= 0.6 is 0 Å². The highest BCUT2D eigenvalue weighted by Crippen LogP contribution is 2.21. The Labute approximate surface area is 96.1 Å². The van der Waals surface area contributed by atoms with Crippen molar-refractivity contribution >= 4 is 5.91 Å². The fourth-order valence-electron chi connectivity index (χ4n) is 2.47. The van der Waals surface area contributed by atoms with E-state index < -0.39 is 0 Å². The van der Waals surface area contributed by atoms with Gasteiger partial charge < -0.3 is 19.7 Å². The smallest absolute Gasteiger partial charge is 0.249 e. The lowest BCUT2D eigenvalue weighted by Crippen LogP contribution is -2.55. The summed E-state index contributed by atoms with van der Waals surface area (Å²) in [4.78, 5) is 13.7. The number of methoxy groups -OCH3 is 1. The largest absolute Gasteiger partial charge is 0.383 e. The number of hydrogen-bond donors (Lipinski definition) is 1. The van der Waals surface area contributed by atoms with Gasteiger partial charge in [0.05, 0.1) is 18.8 Å². The second-order valence-corrected chi connectivity index (χ2v) is 4.32. The van der Waals surface area contributed by atoms with Crippen LogP contribution in [0.2, 0.25) is 0 Å². The van der Waals surface area contributed by atoms with Crippen LogP contribution in [0.1, 0.15) is 12.8 Å². The summed E-state index contributed by atoms with van der Waals surface area (Å²) in [5.74, 6) is 0.0974. The first kappa shape index (κ1) is 11.8. The second-order valence-electron chi connectivity index (χ2n) is 4.32. The third kappa shape index (κ3) is 2.53. The molecule has 0 aliphatic carbocycles. The average molecular weight is 228 g/mol. The Balaban J connectivity index is 2.02. The normalized spacial score (nSPS) is 31.1. The van der Waals surface area contributed by atoms with E-state index in [1.807, 2.05) is 4.90 Å². The van der Waals surface area contributed by atoms with Gasteiger partial charge in [-0.05, 0) is 25.9 Å². The molecule has 0 aromatic heterocycles. The van der Waals surface area contributed by atoms with E-state index in [0.29, 0.717) is 13.2 Å². The topological polar surface area (TPSA) is 50.8 Å². The molecule has 2 rings (SSSR count). The maximum Gasteiger partial charge on any atom is 0.249 e. The quantitative estimate of drug-likeness (QED) is 0.715. The molecule has 0 aromatic rings. The lowest BCUT2D eigenvalue weighted by Gasteiger charge is -2.40. The highest BCUT2D eigenvalue weighted by atomic mass is 16.5. The van der Waals surface area contributed by atoms with Crippen molar-refractivity contribution < 1.29 is 14.3 Å². The van der Waals surface area contributed by atoms with E-state index in [0.717, 1.165) is 25.9 Å². The Hall–Kier alpha value is -0.650. The first-order valence-corrected chi connectivity index (χ1v) is 5.93. The molecule has 2 aliphatic heterocycles. The number of ether oxygens (including phenoxy) is 2. The number of carbonyl (C=O) groups is 1. The van der Waals surface area contributed by atoms with E-state index in [9.17, 15) is 4.79 Å². The van der Waals surface area contributed by atoms with Crippen molar-refractivity contribution in [1.82, 2.24) is 10.2 Å². The SMILES string of the molecule is COCCN1C(=O)CO[C@H]2CCNCC[C@@H]21. The van der Waals surface area contributed by atoms with Crippen LogP contribution in [0.5, 0.6) is 0 Å². The molecular formula is C11H20N2O3. The molecule has 5 nitrogen and oxygen atoms in total. The zero-order valence-electron chi connectivity index (χ0n) is 9.78. The number of nitrogens with zero attached hydrogens (tertiary/aromatic N) is 1. The molecule has 1 N–H and O–H groups in total. The third-order valence-corrected chi connectivity index (χ3v) is 3.33. The number of carbonyl (C=O) groups excluding carboxylic acids is 1. The molecule has 1 amide bonds. The molecule has 2 aliphatic rings. The highest BCUT2D eigenvalue weighted by molar-refractivity contribution is 5.78. The van der Waals surface area contributed by atoms with Crippen LogP contribution in [-0.2, 0) is 14.3 Å². The molecule has 92 valence electrons. The third-order valence-electron chi connectivity index (χ3n) is 3.33. The zero-order valence-corrected chi connectivity index (χ0v) is 9.78. The van der Waals surface area contributed by atoms with Crippen molar-refractivity contribution in [3.63, 3.8) is 0 Å². The van der Waals surface area contributed by atoms with E-state index in [1.165, 1.54) is 0 Å². The maximum absolute atomic E-state index is 11.8. The molecule has 5 heteroatoms. The minimum atomic E-state index is 0.0974. The van der Waals surface area contributed by atoms with Crippen molar-refractivity contribution in [2.45, 2.75) is 25.0 Å². The summed E-state index contributed by atoms with van der Waals surface area (Å²) in [5, 5.41) is 3.35. The number of rotatable bonds is 3. The second kappa shape index (κ2) is 5.61. The Morgan fingerprint density at radius 1 is 1.50 bits per heavy atom. The summed E-state index contributed by atoms with van der Waals surface area (Å²) in [6.07, 6.45) is 2.16. The Morgan fingerprint density at radius 3 is 3.12 bits per heavy atom. The van der Waals surface area contributed by atoms with E-state index >= 15 is 0 Å². The van der Waals surface area contributed by atoms with Crippen molar-refractivity contribution in [3.8, 4) is 0 Å².